The van der Waals surface area contributed by atoms with E-state index in [-0.39, 0.29) is 0 Å². The summed E-state index contributed by atoms with van der Waals surface area (Å²) in [5.74, 6) is 0. The number of fused-ring (bicyclic) bond motifs is 1. The molecule has 164 valence electrons. The van der Waals surface area contributed by atoms with E-state index in [2.05, 4.69) is 21.9 Å². The van der Waals surface area contributed by atoms with Crippen LogP contribution in [-0.2, 0) is 0 Å². The Kier molecular flexibility index (Phi) is 6.17. The molecule has 0 fully saturated rings. The van der Waals surface area contributed by atoms with Crippen molar-refractivity contribution in [3.05, 3.63) is 107 Å². The zero-order valence-corrected chi connectivity index (χ0v) is 19.0. The minimum absolute atomic E-state index is 0.754. The maximum Gasteiger partial charge on any atom is 0.106 e. The average molecular weight is 427 g/mol. The summed E-state index contributed by atoms with van der Waals surface area (Å²) in [6.45, 7) is 0. The molecule has 0 aliphatic rings. The Bertz CT molecular complexity index is 1110. The SMILES string of the molecule is CN(C)c1c([C@@H](O)c2ccccc2)ccc2ccc([C@@H](O)c3ccccc3)c(N(C)C)c12. The van der Waals surface area contributed by atoms with E-state index in [1.54, 1.807) is 0 Å². The van der Waals surface area contributed by atoms with Crippen LogP contribution in [0.15, 0.2) is 84.9 Å². The van der Waals surface area contributed by atoms with E-state index in [0.29, 0.717) is 0 Å². The van der Waals surface area contributed by atoms with Crippen molar-refractivity contribution in [2.24, 2.45) is 0 Å². The zero-order valence-electron chi connectivity index (χ0n) is 19.0. The van der Waals surface area contributed by atoms with Crippen LogP contribution in [0, 0.1) is 0 Å². The minimum atomic E-state index is -0.754. The largest absolute Gasteiger partial charge is 0.384 e. The zero-order chi connectivity index (χ0) is 22.8. The van der Waals surface area contributed by atoms with Gasteiger partial charge < -0.3 is 20.0 Å². The monoisotopic (exact) mass is 426 g/mol. The molecule has 32 heavy (non-hydrogen) atoms. The molecule has 0 aliphatic heterocycles. The second-order valence-electron chi connectivity index (χ2n) is 8.52. The first-order chi connectivity index (χ1) is 15.4. The summed E-state index contributed by atoms with van der Waals surface area (Å²) in [6.07, 6.45) is -1.51. The molecule has 0 saturated carbocycles. The van der Waals surface area contributed by atoms with E-state index in [1.165, 1.54) is 0 Å². The van der Waals surface area contributed by atoms with Crippen LogP contribution in [0.5, 0.6) is 0 Å². The highest BCUT2D eigenvalue weighted by Gasteiger charge is 2.24. The third kappa shape index (κ3) is 3.95. The summed E-state index contributed by atoms with van der Waals surface area (Å²) in [6, 6.07) is 27.5. The molecule has 4 nitrogen and oxygen atoms in total. The van der Waals surface area contributed by atoms with Crippen molar-refractivity contribution < 1.29 is 10.2 Å². The van der Waals surface area contributed by atoms with Crippen LogP contribution in [-0.4, -0.2) is 38.4 Å². The Morgan fingerprint density at radius 1 is 0.531 bits per heavy atom. The predicted octanol–water partition coefficient (Wildman–Crippen LogP) is 5.14. The topological polar surface area (TPSA) is 46.9 Å². The van der Waals surface area contributed by atoms with E-state index in [1.807, 2.05) is 101 Å². The van der Waals surface area contributed by atoms with Crippen LogP contribution in [0.1, 0.15) is 34.5 Å². The molecule has 0 heterocycles. The smallest absolute Gasteiger partial charge is 0.106 e. The van der Waals surface area contributed by atoms with Gasteiger partial charge in [0.1, 0.15) is 12.2 Å². The first-order valence-corrected chi connectivity index (χ1v) is 10.8. The van der Waals surface area contributed by atoms with Gasteiger partial charge in [0, 0.05) is 44.7 Å². The Labute approximate surface area is 190 Å². The van der Waals surface area contributed by atoms with Gasteiger partial charge in [0.15, 0.2) is 0 Å². The average Bonchev–Trinajstić information content (AvgIpc) is 2.82. The molecule has 0 bridgehead atoms. The summed E-state index contributed by atoms with van der Waals surface area (Å²) in [7, 11) is 7.98. The lowest BCUT2D eigenvalue weighted by Crippen LogP contribution is -2.18. The number of aliphatic hydroxyl groups excluding tert-OH is 2. The van der Waals surface area contributed by atoms with Gasteiger partial charge in [0.05, 0.1) is 11.4 Å². The van der Waals surface area contributed by atoms with Gasteiger partial charge in [0.2, 0.25) is 0 Å². The summed E-state index contributed by atoms with van der Waals surface area (Å²) < 4.78 is 0. The summed E-state index contributed by atoms with van der Waals surface area (Å²) in [5.41, 5.74) is 5.27. The quantitative estimate of drug-likeness (QED) is 0.448. The van der Waals surface area contributed by atoms with Crippen molar-refractivity contribution in [1.82, 2.24) is 0 Å². The summed E-state index contributed by atoms with van der Waals surface area (Å²) >= 11 is 0. The van der Waals surface area contributed by atoms with Crippen molar-refractivity contribution in [3.8, 4) is 0 Å². The Balaban J connectivity index is 2.00. The molecule has 0 aliphatic carbocycles. The van der Waals surface area contributed by atoms with Crippen LogP contribution in [0.2, 0.25) is 0 Å². The molecule has 0 amide bonds. The molecule has 4 aromatic rings. The van der Waals surface area contributed by atoms with Gasteiger partial charge in [-0.25, -0.2) is 0 Å². The van der Waals surface area contributed by atoms with Crippen LogP contribution in [0.25, 0.3) is 10.8 Å². The number of aliphatic hydroxyl groups is 2. The molecule has 2 N–H and O–H groups in total. The summed E-state index contributed by atoms with van der Waals surface area (Å²) in [4.78, 5) is 4.10. The second kappa shape index (κ2) is 9.03. The minimum Gasteiger partial charge on any atom is -0.384 e. The fourth-order valence-corrected chi connectivity index (χ4v) is 4.45. The normalized spacial score (nSPS) is 13.1. The van der Waals surface area contributed by atoms with Crippen LogP contribution >= 0.6 is 0 Å². The molecule has 0 unspecified atom stereocenters. The molecule has 0 aromatic heterocycles. The van der Waals surface area contributed by atoms with Crippen molar-refractivity contribution in [1.29, 1.82) is 0 Å². The maximum absolute atomic E-state index is 11.3. The van der Waals surface area contributed by atoms with Gasteiger partial charge in [-0.1, -0.05) is 84.9 Å². The standard InChI is InChI=1S/C28H30N2O2/c1-29(2)25-22(27(31)20-11-7-5-8-12-20)17-15-19-16-18-23(26(24(19)25)30(3)4)28(32)21-13-9-6-10-14-21/h5-18,27-28,31-32H,1-4H3/t27-,28-/m0/s1. The number of hydrogen-bond donors (Lipinski definition) is 2. The van der Waals surface area contributed by atoms with Gasteiger partial charge in [-0.15, -0.1) is 0 Å². The molecule has 0 radical (unpaired) electrons. The lowest BCUT2D eigenvalue weighted by Gasteiger charge is -2.29. The Morgan fingerprint density at radius 2 is 0.906 bits per heavy atom. The summed E-state index contributed by atoms with van der Waals surface area (Å²) in [5, 5.41) is 24.6. The van der Waals surface area contributed by atoms with Crippen molar-refractivity contribution in [2.45, 2.75) is 12.2 Å². The number of hydrogen-bond acceptors (Lipinski definition) is 4. The lowest BCUT2D eigenvalue weighted by atomic mass is 9.91. The fourth-order valence-electron chi connectivity index (χ4n) is 4.45. The molecule has 0 spiro atoms. The molecule has 0 saturated heterocycles. The van der Waals surface area contributed by atoms with E-state index in [0.717, 1.165) is 44.4 Å². The van der Waals surface area contributed by atoms with E-state index in [4.69, 9.17) is 0 Å². The number of anilines is 2. The van der Waals surface area contributed by atoms with Crippen molar-refractivity contribution in [2.75, 3.05) is 38.0 Å². The first-order valence-electron chi connectivity index (χ1n) is 10.8. The van der Waals surface area contributed by atoms with Crippen LogP contribution in [0.4, 0.5) is 11.4 Å². The lowest BCUT2D eigenvalue weighted by molar-refractivity contribution is 0.220. The Hall–Kier alpha value is -3.34. The maximum atomic E-state index is 11.3. The van der Waals surface area contributed by atoms with Gasteiger partial charge in [0.25, 0.3) is 0 Å². The molecule has 4 rings (SSSR count). The fraction of sp³-hybridized carbons (Fsp3) is 0.214. The van der Waals surface area contributed by atoms with Crippen molar-refractivity contribution >= 4 is 22.1 Å². The number of rotatable bonds is 6. The van der Waals surface area contributed by atoms with Crippen molar-refractivity contribution in [3.63, 3.8) is 0 Å². The third-order valence-electron chi connectivity index (χ3n) is 5.91. The number of benzene rings is 4. The van der Waals surface area contributed by atoms with E-state index in [9.17, 15) is 10.2 Å². The molecular weight excluding hydrogens is 396 g/mol. The molecule has 4 aromatic carbocycles. The highest BCUT2D eigenvalue weighted by Crippen LogP contribution is 2.44. The Morgan fingerprint density at radius 3 is 1.25 bits per heavy atom. The highest BCUT2D eigenvalue weighted by atomic mass is 16.3. The molecule has 2 atom stereocenters. The van der Waals surface area contributed by atoms with E-state index < -0.39 is 12.2 Å². The first kappa shape index (κ1) is 21.9. The van der Waals surface area contributed by atoms with Gasteiger partial charge in [-0.2, -0.15) is 0 Å². The molecular formula is C28H30N2O2. The van der Waals surface area contributed by atoms with Gasteiger partial charge in [-0.05, 0) is 16.5 Å². The van der Waals surface area contributed by atoms with E-state index >= 15 is 0 Å². The van der Waals surface area contributed by atoms with Gasteiger partial charge >= 0.3 is 0 Å². The number of nitrogens with zero attached hydrogens (tertiary/aromatic N) is 2. The second-order valence-corrected chi connectivity index (χ2v) is 8.52. The highest BCUT2D eigenvalue weighted by molar-refractivity contribution is 6.06. The van der Waals surface area contributed by atoms with Gasteiger partial charge in [-0.3, -0.25) is 0 Å². The third-order valence-corrected chi connectivity index (χ3v) is 5.91. The van der Waals surface area contributed by atoms with Crippen LogP contribution < -0.4 is 9.80 Å². The van der Waals surface area contributed by atoms with Crippen LogP contribution in [0.3, 0.4) is 0 Å². The molecule has 4 heteroatoms. The predicted molar refractivity (Wildman–Crippen MR) is 134 cm³/mol.